The average Bonchev–Trinajstić information content (AvgIpc) is 3.02. The molecule has 2 aromatic heterocycles. The highest BCUT2D eigenvalue weighted by molar-refractivity contribution is 7.69. The predicted octanol–water partition coefficient (Wildman–Crippen LogP) is 2.75. The molecule has 9 nitrogen and oxygen atoms in total. The van der Waals surface area contributed by atoms with E-state index in [1.54, 1.807) is 30.5 Å². The van der Waals surface area contributed by atoms with Gasteiger partial charge in [-0.25, -0.2) is 20.8 Å². The monoisotopic (exact) mass is 475 g/mol. The number of carbonyl (C=O) groups is 1. The summed E-state index contributed by atoms with van der Waals surface area (Å²) in [7, 11) is -2.64. The number of fused-ring (bicyclic) bond motifs is 1. The predicted molar refractivity (Wildman–Crippen MR) is 128 cm³/mol. The largest absolute Gasteiger partial charge is 0.318 e. The number of halogens is 1. The van der Waals surface area contributed by atoms with Gasteiger partial charge in [-0.2, -0.15) is 0 Å². The first kappa shape index (κ1) is 22.9. The lowest BCUT2D eigenvalue weighted by Crippen LogP contribution is -2.41. The molecule has 3 aromatic rings. The highest BCUT2D eigenvalue weighted by Crippen LogP contribution is 2.35. The molecule has 3 heterocycles. The Kier molecular flexibility index (Phi) is 6.38. The fourth-order valence-corrected chi connectivity index (χ4v) is 5.10. The Morgan fingerprint density at radius 2 is 2.06 bits per heavy atom. The summed E-state index contributed by atoms with van der Waals surface area (Å²) in [6.07, 6.45) is 4.29. The van der Waals surface area contributed by atoms with Crippen molar-refractivity contribution in [2.75, 3.05) is 31.4 Å². The van der Waals surface area contributed by atoms with Crippen LogP contribution >= 0.6 is 18.7 Å². The van der Waals surface area contributed by atoms with E-state index in [9.17, 15) is 9.36 Å². The molecule has 170 valence electrons. The van der Waals surface area contributed by atoms with Crippen LogP contribution in [-0.4, -0.2) is 51.9 Å². The van der Waals surface area contributed by atoms with E-state index in [-0.39, 0.29) is 17.6 Å². The van der Waals surface area contributed by atoms with Crippen molar-refractivity contribution < 1.29 is 9.36 Å². The first-order valence-electron chi connectivity index (χ1n) is 10.4. The molecule has 4 N–H and O–H groups in total. The summed E-state index contributed by atoms with van der Waals surface area (Å²) in [5, 5.41) is 3.33. The number of imidazole rings is 1. The Hall–Kier alpha value is -2.29. The smallest absolute Gasteiger partial charge is 0.275 e. The van der Waals surface area contributed by atoms with Gasteiger partial charge < -0.3 is 9.13 Å². The van der Waals surface area contributed by atoms with Crippen LogP contribution in [0.5, 0.6) is 0 Å². The SMILES string of the molecule is CP(C)(=O)c1cc(C(=O)N(N)c2nc3cccc(Cl)c3n2[C@@H]2CCCCN(N)C2)ccn1. The van der Waals surface area contributed by atoms with Crippen LogP contribution in [0, 0.1) is 0 Å². The van der Waals surface area contributed by atoms with Crippen LogP contribution in [-0.2, 0) is 4.57 Å². The molecule has 1 fully saturated rings. The van der Waals surface area contributed by atoms with Gasteiger partial charge in [0.25, 0.3) is 5.91 Å². The minimum absolute atomic E-state index is 0.0549. The highest BCUT2D eigenvalue weighted by Gasteiger charge is 2.29. The second-order valence-electron chi connectivity index (χ2n) is 8.46. The summed E-state index contributed by atoms with van der Waals surface area (Å²) >= 11 is 6.55. The van der Waals surface area contributed by atoms with E-state index in [0.717, 1.165) is 36.3 Å². The van der Waals surface area contributed by atoms with Gasteiger partial charge in [0, 0.05) is 24.8 Å². The van der Waals surface area contributed by atoms with Gasteiger partial charge in [0.15, 0.2) is 0 Å². The third-order valence-corrected chi connectivity index (χ3v) is 7.32. The molecule has 1 amide bonds. The van der Waals surface area contributed by atoms with Gasteiger partial charge in [0.2, 0.25) is 5.95 Å². The summed E-state index contributed by atoms with van der Waals surface area (Å²) in [6.45, 7) is 4.59. The standard InChI is InChI=1S/C21H27ClN7O2P/c1-32(2,31)18-12-14(9-10-25-18)20(30)29(24)21-26-17-8-5-7-16(22)19(17)28(21)15-6-3-4-11-27(23)13-15/h5,7-10,12,15H,3-4,6,11,13,23-24H2,1-2H3/t15-/m1/s1. The Labute approximate surface area is 191 Å². The molecule has 0 saturated carbocycles. The summed E-state index contributed by atoms with van der Waals surface area (Å²) < 4.78 is 14.4. The molecule has 1 aliphatic rings. The second-order valence-corrected chi connectivity index (χ2v) is 12.0. The molecular weight excluding hydrogens is 449 g/mol. The van der Waals surface area contributed by atoms with Gasteiger partial charge >= 0.3 is 0 Å². The number of aromatic nitrogens is 3. The average molecular weight is 476 g/mol. The number of carbonyl (C=O) groups excluding carboxylic acids is 1. The van der Waals surface area contributed by atoms with Gasteiger partial charge in [-0.3, -0.25) is 15.6 Å². The zero-order valence-electron chi connectivity index (χ0n) is 18.1. The molecule has 1 aliphatic heterocycles. The normalized spacial score (nSPS) is 18.0. The molecule has 0 unspecified atom stereocenters. The van der Waals surface area contributed by atoms with E-state index >= 15 is 0 Å². The maximum Gasteiger partial charge on any atom is 0.275 e. The molecule has 11 heteroatoms. The topological polar surface area (TPSA) is 123 Å². The first-order chi connectivity index (χ1) is 15.2. The molecule has 1 saturated heterocycles. The Balaban J connectivity index is 1.81. The fraction of sp³-hybridized carbons (Fsp3) is 0.381. The van der Waals surface area contributed by atoms with E-state index in [1.807, 2.05) is 16.7 Å². The maximum atomic E-state index is 13.3. The van der Waals surface area contributed by atoms with E-state index in [1.165, 1.54) is 12.3 Å². The van der Waals surface area contributed by atoms with Crippen LogP contribution in [0.25, 0.3) is 11.0 Å². The van der Waals surface area contributed by atoms with Gasteiger partial charge in [-0.1, -0.05) is 24.1 Å². The number of pyridine rings is 1. The number of hydrazine groups is 2. The van der Waals surface area contributed by atoms with Crippen LogP contribution in [0.3, 0.4) is 0 Å². The lowest BCUT2D eigenvalue weighted by atomic mass is 10.1. The molecule has 1 atom stereocenters. The van der Waals surface area contributed by atoms with Crippen LogP contribution in [0.2, 0.25) is 5.02 Å². The van der Waals surface area contributed by atoms with E-state index in [2.05, 4.69) is 9.97 Å². The summed E-state index contributed by atoms with van der Waals surface area (Å²) in [5.41, 5.74) is 2.02. The van der Waals surface area contributed by atoms with E-state index in [0.29, 0.717) is 22.5 Å². The molecular formula is C21H27ClN7O2P. The molecule has 1 aromatic carbocycles. The molecule has 0 aliphatic carbocycles. The lowest BCUT2D eigenvalue weighted by molar-refractivity contribution is 0.0984. The van der Waals surface area contributed by atoms with Crippen molar-refractivity contribution in [3.05, 3.63) is 47.1 Å². The van der Waals surface area contributed by atoms with Gasteiger partial charge in [-0.05, 0) is 50.4 Å². The Morgan fingerprint density at radius 3 is 2.81 bits per heavy atom. The van der Waals surface area contributed by atoms with Gasteiger partial charge in [-0.15, -0.1) is 0 Å². The van der Waals surface area contributed by atoms with Crippen LogP contribution in [0.1, 0.15) is 35.7 Å². The zero-order valence-corrected chi connectivity index (χ0v) is 19.8. The van der Waals surface area contributed by atoms with E-state index < -0.39 is 13.0 Å². The lowest BCUT2D eigenvalue weighted by Gasteiger charge is -2.26. The summed E-state index contributed by atoms with van der Waals surface area (Å²) in [6, 6.07) is 8.46. The van der Waals surface area contributed by atoms with Crippen molar-refractivity contribution in [2.45, 2.75) is 25.3 Å². The number of amides is 1. The summed E-state index contributed by atoms with van der Waals surface area (Å²) in [4.78, 5) is 22.1. The van der Waals surface area contributed by atoms with Crippen LogP contribution in [0.15, 0.2) is 36.5 Å². The quantitative estimate of drug-likeness (QED) is 0.257. The third-order valence-electron chi connectivity index (χ3n) is 5.66. The number of hydrogen-bond donors (Lipinski definition) is 2. The Bertz CT molecular complexity index is 1210. The van der Waals surface area contributed by atoms with Crippen molar-refractivity contribution in [1.82, 2.24) is 19.5 Å². The maximum absolute atomic E-state index is 13.3. The van der Waals surface area contributed by atoms with Crippen molar-refractivity contribution in [3.8, 4) is 0 Å². The van der Waals surface area contributed by atoms with Crippen molar-refractivity contribution in [1.29, 1.82) is 0 Å². The molecule has 32 heavy (non-hydrogen) atoms. The number of benzene rings is 1. The Morgan fingerprint density at radius 1 is 1.28 bits per heavy atom. The third kappa shape index (κ3) is 4.44. The van der Waals surface area contributed by atoms with Crippen LogP contribution in [0.4, 0.5) is 5.95 Å². The number of anilines is 1. The molecule has 0 spiro atoms. The second kappa shape index (κ2) is 8.92. The van der Waals surface area contributed by atoms with Crippen molar-refractivity contribution in [2.24, 2.45) is 11.7 Å². The number of nitrogens with zero attached hydrogens (tertiary/aromatic N) is 5. The van der Waals surface area contributed by atoms with Crippen LogP contribution < -0.4 is 22.1 Å². The number of rotatable bonds is 4. The van der Waals surface area contributed by atoms with E-state index in [4.69, 9.17) is 23.3 Å². The van der Waals surface area contributed by atoms with Crippen molar-refractivity contribution in [3.63, 3.8) is 0 Å². The molecule has 4 rings (SSSR count). The minimum Gasteiger partial charge on any atom is -0.318 e. The zero-order chi connectivity index (χ0) is 23.0. The van der Waals surface area contributed by atoms with Gasteiger partial charge in [0.1, 0.15) is 12.6 Å². The number of hydrogen-bond acceptors (Lipinski definition) is 7. The minimum atomic E-state index is -2.64. The molecule has 0 radical (unpaired) electrons. The number of para-hydroxylation sites is 1. The van der Waals surface area contributed by atoms with Gasteiger partial charge in [0.05, 0.1) is 22.1 Å². The highest BCUT2D eigenvalue weighted by atomic mass is 35.5. The fourth-order valence-electron chi connectivity index (χ4n) is 4.04. The first-order valence-corrected chi connectivity index (χ1v) is 13.4. The number of nitrogens with two attached hydrogens (primary N) is 2. The van der Waals surface area contributed by atoms with Crippen molar-refractivity contribution >= 4 is 47.1 Å². The molecule has 0 bridgehead atoms. The summed E-state index contributed by atoms with van der Waals surface area (Å²) in [5.74, 6) is 12.3.